The number of hydrogen-bond donors (Lipinski definition) is 3. The number of nitrogens with two attached hydrogens (primary N) is 2. The highest BCUT2D eigenvalue weighted by Gasteiger charge is 2.33. The molecule has 0 amide bonds. The summed E-state index contributed by atoms with van der Waals surface area (Å²) in [5, 5.41) is 7.42. The van der Waals surface area contributed by atoms with Gasteiger partial charge in [-0.15, -0.1) is 0 Å². The van der Waals surface area contributed by atoms with Crippen LogP contribution in [0.4, 0.5) is 11.4 Å². The summed E-state index contributed by atoms with van der Waals surface area (Å²) in [5.74, 6) is 1.32. The van der Waals surface area contributed by atoms with Crippen LogP contribution in [-0.4, -0.2) is 30.3 Å². The molecule has 1 aliphatic heterocycles. The van der Waals surface area contributed by atoms with Crippen LogP contribution in [0.25, 0.3) is 11.1 Å². The third kappa shape index (κ3) is 3.38. The molecule has 0 bridgehead atoms. The number of nitrogen functional groups attached to an aromatic ring is 1. The SMILES string of the molecule is COc1ccc(CC2(N)N=CNc3cc(-c4cnn(C)c4)c(N)cc32)cc1OC. The highest BCUT2D eigenvalue weighted by atomic mass is 16.5. The number of aliphatic imine (C=N–C) groups is 1. The number of hydrogen-bond acceptors (Lipinski definition) is 7. The van der Waals surface area contributed by atoms with E-state index in [2.05, 4.69) is 15.4 Å². The minimum Gasteiger partial charge on any atom is -0.493 e. The fraction of sp³-hybridized carbons (Fsp3) is 0.238. The van der Waals surface area contributed by atoms with Gasteiger partial charge in [-0.25, -0.2) is 4.99 Å². The standard InChI is InChI=1S/C21H24N6O2/c1-27-11-14(10-26-27)15-7-18-16(8-17(15)22)21(23,25-12-24-18)9-13-4-5-19(28-2)20(6-13)29-3/h4-8,10-12H,9,22-23H2,1-3H3,(H,24,25). The summed E-state index contributed by atoms with van der Waals surface area (Å²) in [7, 11) is 5.09. The summed E-state index contributed by atoms with van der Waals surface area (Å²) in [4.78, 5) is 4.54. The molecule has 0 spiro atoms. The molecule has 0 saturated carbocycles. The zero-order valence-electron chi connectivity index (χ0n) is 16.6. The van der Waals surface area contributed by atoms with Crippen molar-refractivity contribution < 1.29 is 9.47 Å². The van der Waals surface area contributed by atoms with Crippen LogP contribution in [-0.2, 0) is 19.1 Å². The second-order valence-electron chi connectivity index (χ2n) is 7.08. The van der Waals surface area contributed by atoms with Gasteiger partial charge < -0.3 is 26.3 Å². The molecule has 1 aliphatic rings. The third-order valence-corrected chi connectivity index (χ3v) is 5.11. The first-order valence-electron chi connectivity index (χ1n) is 9.16. The molecule has 150 valence electrons. The van der Waals surface area contributed by atoms with Gasteiger partial charge in [0.15, 0.2) is 11.5 Å². The normalized spacial score (nSPS) is 17.5. The summed E-state index contributed by atoms with van der Waals surface area (Å²) in [6.45, 7) is 0. The van der Waals surface area contributed by atoms with Crippen LogP contribution in [0.15, 0.2) is 47.7 Å². The highest BCUT2D eigenvalue weighted by molar-refractivity contribution is 5.88. The second-order valence-corrected chi connectivity index (χ2v) is 7.08. The molecule has 1 atom stereocenters. The summed E-state index contributed by atoms with van der Waals surface area (Å²) < 4.78 is 12.5. The van der Waals surface area contributed by atoms with Crippen molar-refractivity contribution in [2.24, 2.45) is 17.8 Å². The Morgan fingerprint density at radius 1 is 1.14 bits per heavy atom. The lowest BCUT2D eigenvalue weighted by molar-refractivity contribution is 0.354. The molecule has 1 aromatic heterocycles. The molecule has 1 unspecified atom stereocenters. The lowest BCUT2D eigenvalue weighted by atomic mass is 9.88. The van der Waals surface area contributed by atoms with Gasteiger partial charge in [0, 0.05) is 47.7 Å². The Morgan fingerprint density at radius 2 is 1.93 bits per heavy atom. The zero-order valence-corrected chi connectivity index (χ0v) is 16.6. The Labute approximate surface area is 169 Å². The molecule has 3 aromatic rings. The van der Waals surface area contributed by atoms with Crippen molar-refractivity contribution in [3.8, 4) is 22.6 Å². The summed E-state index contributed by atoms with van der Waals surface area (Å²) in [6.07, 6.45) is 5.82. The maximum atomic E-state index is 6.74. The number of nitrogens with zero attached hydrogens (tertiary/aromatic N) is 3. The van der Waals surface area contributed by atoms with Crippen molar-refractivity contribution in [2.45, 2.75) is 12.1 Å². The number of methoxy groups -OCH3 is 2. The summed E-state index contributed by atoms with van der Waals surface area (Å²) in [6, 6.07) is 9.62. The number of anilines is 2. The molecule has 29 heavy (non-hydrogen) atoms. The van der Waals surface area contributed by atoms with Gasteiger partial charge >= 0.3 is 0 Å². The molecule has 0 saturated heterocycles. The molecule has 5 N–H and O–H groups in total. The lowest BCUT2D eigenvalue weighted by Crippen LogP contribution is -2.40. The zero-order chi connectivity index (χ0) is 20.6. The van der Waals surface area contributed by atoms with Gasteiger partial charge in [-0.3, -0.25) is 4.68 Å². The van der Waals surface area contributed by atoms with E-state index in [4.69, 9.17) is 20.9 Å². The largest absolute Gasteiger partial charge is 0.493 e. The monoisotopic (exact) mass is 392 g/mol. The lowest BCUT2D eigenvalue weighted by Gasteiger charge is -2.32. The van der Waals surface area contributed by atoms with Gasteiger partial charge in [-0.05, 0) is 29.8 Å². The molecule has 2 heterocycles. The maximum absolute atomic E-state index is 6.74. The van der Waals surface area contributed by atoms with Crippen LogP contribution in [0.1, 0.15) is 11.1 Å². The Bertz CT molecular complexity index is 1090. The van der Waals surface area contributed by atoms with E-state index in [0.29, 0.717) is 23.6 Å². The molecule has 0 fully saturated rings. The molecule has 4 rings (SSSR count). The van der Waals surface area contributed by atoms with E-state index in [1.807, 2.05) is 43.6 Å². The van der Waals surface area contributed by atoms with E-state index in [9.17, 15) is 0 Å². The Balaban J connectivity index is 1.72. The predicted molar refractivity (Wildman–Crippen MR) is 114 cm³/mol. The minimum absolute atomic E-state index is 0.476. The fourth-order valence-corrected chi connectivity index (χ4v) is 3.63. The van der Waals surface area contributed by atoms with Crippen LogP contribution in [0.3, 0.4) is 0 Å². The Morgan fingerprint density at radius 3 is 2.62 bits per heavy atom. The van der Waals surface area contributed by atoms with Crippen molar-refractivity contribution in [3.05, 3.63) is 53.9 Å². The van der Waals surface area contributed by atoms with Crippen molar-refractivity contribution in [1.29, 1.82) is 0 Å². The van der Waals surface area contributed by atoms with E-state index < -0.39 is 5.66 Å². The van der Waals surface area contributed by atoms with Gasteiger partial charge in [-0.2, -0.15) is 5.10 Å². The predicted octanol–water partition coefficient (Wildman–Crippen LogP) is 2.49. The van der Waals surface area contributed by atoms with Crippen LogP contribution in [0, 0.1) is 0 Å². The fourth-order valence-electron chi connectivity index (χ4n) is 3.63. The molecule has 0 aliphatic carbocycles. The van der Waals surface area contributed by atoms with E-state index in [1.165, 1.54) is 0 Å². The number of aryl methyl sites for hydroxylation is 1. The van der Waals surface area contributed by atoms with E-state index in [0.717, 1.165) is 27.9 Å². The highest BCUT2D eigenvalue weighted by Crippen LogP contribution is 2.40. The molecule has 8 nitrogen and oxygen atoms in total. The number of ether oxygens (including phenoxy) is 2. The first-order chi connectivity index (χ1) is 13.9. The van der Waals surface area contributed by atoms with Crippen LogP contribution >= 0.6 is 0 Å². The second kappa shape index (κ2) is 7.14. The van der Waals surface area contributed by atoms with E-state index in [-0.39, 0.29) is 0 Å². The molecule has 0 radical (unpaired) electrons. The van der Waals surface area contributed by atoms with E-state index in [1.54, 1.807) is 31.4 Å². The van der Waals surface area contributed by atoms with Crippen LogP contribution in [0.5, 0.6) is 11.5 Å². The molecule has 8 heteroatoms. The van der Waals surface area contributed by atoms with Gasteiger partial charge in [0.1, 0.15) is 5.66 Å². The van der Waals surface area contributed by atoms with Crippen molar-refractivity contribution in [1.82, 2.24) is 9.78 Å². The van der Waals surface area contributed by atoms with Crippen molar-refractivity contribution in [3.63, 3.8) is 0 Å². The van der Waals surface area contributed by atoms with E-state index >= 15 is 0 Å². The molecule has 2 aromatic carbocycles. The topological polar surface area (TPSA) is 113 Å². The van der Waals surface area contributed by atoms with Crippen molar-refractivity contribution in [2.75, 3.05) is 25.3 Å². The number of aromatic nitrogens is 2. The third-order valence-electron chi connectivity index (χ3n) is 5.11. The summed E-state index contributed by atoms with van der Waals surface area (Å²) in [5.41, 5.74) is 17.3. The van der Waals surface area contributed by atoms with Gasteiger partial charge in [-0.1, -0.05) is 6.07 Å². The average molecular weight is 392 g/mol. The van der Waals surface area contributed by atoms with Gasteiger partial charge in [0.2, 0.25) is 0 Å². The minimum atomic E-state index is -0.957. The first-order valence-corrected chi connectivity index (χ1v) is 9.16. The average Bonchev–Trinajstić information content (AvgIpc) is 3.14. The smallest absolute Gasteiger partial charge is 0.160 e. The van der Waals surface area contributed by atoms with Gasteiger partial charge in [0.25, 0.3) is 0 Å². The first kappa shape index (κ1) is 18.8. The van der Waals surface area contributed by atoms with Gasteiger partial charge in [0.05, 0.1) is 26.8 Å². The molecular formula is C21H24N6O2. The number of nitrogens with one attached hydrogen (secondary N) is 1. The molecular weight excluding hydrogens is 368 g/mol. The van der Waals surface area contributed by atoms with Crippen LogP contribution < -0.4 is 26.3 Å². The van der Waals surface area contributed by atoms with Crippen molar-refractivity contribution >= 4 is 17.7 Å². The number of rotatable bonds is 5. The van der Waals surface area contributed by atoms with Crippen LogP contribution in [0.2, 0.25) is 0 Å². The summed E-state index contributed by atoms with van der Waals surface area (Å²) >= 11 is 0. The Kier molecular flexibility index (Phi) is 4.63. The maximum Gasteiger partial charge on any atom is 0.160 e. The Hall–Kier alpha value is -3.52. The number of fused-ring (bicyclic) bond motifs is 1. The quantitative estimate of drug-likeness (QED) is 0.575. The number of benzene rings is 2.